The van der Waals surface area contributed by atoms with Crippen LogP contribution in [0, 0.1) is 6.65 Å². The maximum atomic E-state index is 9.81. The van der Waals surface area contributed by atoms with Crippen LogP contribution in [0.4, 0.5) is 0 Å². The van der Waals surface area contributed by atoms with Crippen molar-refractivity contribution in [1.82, 2.24) is 0 Å². The Hall–Kier alpha value is -1.66. The summed E-state index contributed by atoms with van der Waals surface area (Å²) in [7, 11) is 1.00. The summed E-state index contributed by atoms with van der Waals surface area (Å²) in [6, 6.07) is 0. The molecule has 210 valence electrons. The Morgan fingerprint density at radius 1 is 0.844 bits per heavy atom. The van der Waals surface area contributed by atoms with Crippen LogP contribution in [0.15, 0.2) is 0 Å². The number of aliphatic hydroxyl groups is 2. The molecule has 32 heavy (non-hydrogen) atoms. The van der Waals surface area contributed by atoms with Crippen LogP contribution in [0.2, 0.25) is 0 Å². The Morgan fingerprint density at radius 3 is 0.906 bits per heavy atom. The molecule has 0 amide bonds. The maximum Gasteiger partial charge on any atom is 0 e. The van der Waals surface area contributed by atoms with Gasteiger partial charge in [0, 0.05) is 29.4 Å². The SMILES string of the molecule is C.C=O.CC.CC.CC.CC.CC.CC=O.CCC(C)=O.CCC=O.CCO.CO.[C-]#[O+].[HH].[HH]. The van der Waals surface area contributed by atoms with Crippen molar-refractivity contribution in [1.29, 1.82) is 0 Å². The van der Waals surface area contributed by atoms with Gasteiger partial charge in [-0.15, -0.1) is 0 Å². The Bertz CT molecular complexity index is 184. The van der Waals surface area contributed by atoms with E-state index >= 15 is 0 Å². The van der Waals surface area contributed by atoms with E-state index in [0.29, 0.717) is 12.8 Å². The summed E-state index contributed by atoms with van der Waals surface area (Å²) in [5.41, 5.74) is 0. The monoisotopic (exact) mass is 480 g/mol. The van der Waals surface area contributed by atoms with E-state index in [1.807, 2.05) is 89.9 Å². The molecule has 2 N–H and O–H groups in total. The first-order valence-electron chi connectivity index (χ1n) is 10.9. The van der Waals surface area contributed by atoms with Crippen molar-refractivity contribution in [2.75, 3.05) is 13.7 Å². The molecule has 0 aromatic carbocycles. The van der Waals surface area contributed by atoms with E-state index in [1.54, 1.807) is 13.8 Å². The zero-order chi connectivity index (χ0) is 29.1. The van der Waals surface area contributed by atoms with Gasteiger partial charge in [0.2, 0.25) is 0 Å². The van der Waals surface area contributed by atoms with Gasteiger partial charge in [-0.2, -0.15) is 0 Å². The standard InChI is InChI=1S/C4H8O.C3H6O.C2H6O.C2H4O.5C2H6.CH4O.CH2O.CO.CH4.2H2/c1-3-4(2)5;1-2-3-4;2*1-2-3;8*1-2;;;/h3H2,1-2H3;3H,2H2,1H3;3H,2H2,1H3;2H,1H3;5*1-2H3;2H,1H3;1H2;;1H4;2*1H. The van der Waals surface area contributed by atoms with Gasteiger partial charge in [0.15, 0.2) is 0 Å². The first kappa shape index (κ1) is 86.9. The van der Waals surface area contributed by atoms with Gasteiger partial charge < -0.3 is 29.4 Å². The zero-order valence-electron chi connectivity index (χ0n) is 23.9. The number of carbonyl (C=O) groups is 4. The molecule has 7 nitrogen and oxygen atoms in total. The van der Waals surface area contributed by atoms with Crippen molar-refractivity contribution in [2.24, 2.45) is 0 Å². The van der Waals surface area contributed by atoms with E-state index < -0.39 is 0 Å². The second-order valence-corrected chi connectivity index (χ2v) is 2.18. The predicted octanol–water partition coefficient (Wildman–Crippen LogP) is 7.43. The average molecular weight is 481 g/mol. The molecule has 0 aliphatic heterocycles. The first-order chi connectivity index (χ1) is 15.0. The molecular weight excluding hydrogens is 412 g/mol. The quantitative estimate of drug-likeness (QED) is 0.240. The fraction of sp³-hybridized carbons (Fsp3) is 0.800. The molecule has 7 heteroatoms. The maximum absolute atomic E-state index is 9.81. The molecule has 0 atom stereocenters. The van der Waals surface area contributed by atoms with Crippen molar-refractivity contribution < 1.29 is 36.9 Å². The average Bonchev–Trinajstić information content (AvgIpc) is 2.90. The van der Waals surface area contributed by atoms with Crippen LogP contribution in [-0.2, 0) is 23.8 Å². The summed E-state index contributed by atoms with van der Waals surface area (Å²) >= 11 is 0. The summed E-state index contributed by atoms with van der Waals surface area (Å²) in [5.74, 6) is 0.255. The fourth-order valence-corrected chi connectivity index (χ4v) is 0. The number of carbonyl (C=O) groups excluding carboxylic acids is 4. The number of rotatable bonds is 2. The molecule has 0 bridgehead atoms. The number of Topliss-reactive ketones (excluding diaryl/α,β-unsaturated/α-hetero) is 1. The molecule has 0 saturated heterocycles. The van der Waals surface area contributed by atoms with Gasteiger partial charge in [-0.05, 0) is 20.8 Å². The van der Waals surface area contributed by atoms with Crippen LogP contribution in [0.1, 0.15) is 127 Å². The first-order valence-corrected chi connectivity index (χ1v) is 10.9. The molecule has 0 rings (SSSR count). The third kappa shape index (κ3) is 11800. The summed E-state index contributed by atoms with van der Waals surface area (Å²) < 4.78 is 7.50. The Balaban J connectivity index is -0.00000000902. The molecular formula is C25H68O7. The molecule has 0 heterocycles. The molecule has 0 saturated carbocycles. The van der Waals surface area contributed by atoms with Gasteiger partial charge in [-0.3, -0.25) is 0 Å². The Labute approximate surface area is 207 Å². The number of aliphatic hydroxyl groups excluding tert-OH is 2. The van der Waals surface area contributed by atoms with Gasteiger partial charge in [-0.1, -0.05) is 90.5 Å². The van der Waals surface area contributed by atoms with Gasteiger partial charge in [0.25, 0.3) is 0 Å². The molecule has 0 spiro atoms. The van der Waals surface area contributed by atoms with E-state index in [-0.39, 0.29) is 22.7 Å². The van der Waals surface area contributed by atoms with Gasteiger partial charge in [0.1, 0.15) is 25.1 Å². The minimum atomic E-state index is 0. The third-order valence-electron chi connectivity index (χ3n) is 0.665. The predicted molar refractivity (Wildman–Crippen MR) is 149 cm³/mol. The third-order valence-corrected chi connectivity index (χ3v) is 0.665. The second kappa shape index (κ2) is 586. The number of aldehydes is 2. The molecule has 0 aliphatic carbocycles. The molecule has 0 aromatic heterocycles. The number of ketones is 1. The van der Waals surface area contributed by atoms with Crippen LogP contribution in [0.5, 0.6) is 0 Å². The van der Waals surface area contributed by atoms with Gasteiger partial charge in [0.05, 0.1) is 0 Å². The minimum Gasteiger partial charge on any atom is 0 e. The molecule has 0 fully saturated rings. The van der Waals surface area contributed by atoms with E-state index in [2.05, 4.69) is 6.65 Å². The van der Waals surface area contributed by atoms with Crippen molar-refractivity contribution in [3.05, 3.63) is 6.65 Å². The molecule has 0 aromatic rings. The van der Waals surface area contributed by atoms with Crippen molar-refractivity contribution in [3.63, 3.8) is 0 Å². The van der Waals surface area contributed by atoms with Crippen LogP contribution < -0.4 is 0 Å². The molecule has 0 unspecified atom stereocenters. The van der Waals surface area contributed by atoms with Crippen molar-refractivity contribution >= 4 is 25.1 Å². The summed E-state index contributed by atoms with van der Waals surface area (Å²) in [5, 5.41) is 14.6. The van der Waals surface area contributed by atoms with Crippen LogP contribution >= 0.6 is 0 Å². The Kier molecular flexibility index (Phi) is 1590. The van der Waals surface area contributed by atoms with Gasteiger partial charge in [-0.25, -0.2) is 0 Å². The van der Waals surface area contributed by atoms with E-state index in [4.69, 9.17) is 24.5 Å². The largest absolute Gasteiger partial charge is 0 e. The van der Waals surface area contributed by atoms with Crippen molar-refractivity contribution in [2.45, 2.75) is 124 Å². The normalized spacial score (nSPS) is 4.25. The fourth-order valence-electron chi connectivity index (χ4n) is 0. The van der Waals surface area contributed by atoms with E-state index in [9.17, 15) is 9.59 Å². The van der Waals surface area contributed by atoms with Crippen LogP contribution in [-0.4, -0.2) is 49.1 Å². The van der Waals surface area contributed by atoms with Gasteiger partial charge >= 0.3 is 11.3 Å². The smallest absolute Gasteiger partial charge is 0 e. The van der Waals surface area contributed by atoms with Crippen LogP contribution in [0.25, 0.3) is 0 Å². The van der Waals surface area contributed by atoms with Crippen LogP contribution in [0.3, 0.4) is 0 Å². The summed E-state index contributed by atoms with van der Waals surface area (Å²) in [4.78, 5) is 35.8. The van der Waals surface area contributed by atoms with E-state index in [1.165, 1.54) is 6.92 Å². The van der Waals surface area contributed by atoms with E-state index in [0.717, 1.165) is 19.7 Å². The Morgan fingerprint density at radius 2 is 0.906 bits per heavy atom. The zero-order valence-corrected chi connectivity index (χ0v) is 23.9. The topological polar surface area (TPSA) is 129 Å². The van der Waals surface area contributed by atoms with Crippen molar-refractivity contribution in [3.8, 4) is 0 Å². The number of hydrogen-bond donors (Lipinski definition) is 2. The minimum absolute atomic E-state index is 0. The number of hydrogen-bond acceptors (Lipinski definition) is 6. The molecule has 0 aliphatic rings. The summed E-state index contributed by atoms with van der Waals surface area (Å²) in [6.45, 7) is 35.1. The molecule has 0 radical (unpaired) electrons. The second-order valence-electron chi connectivity index (χ2n) is 2.18. The summed E-state index contributed by atoms with van der Waals surface area (Å²) in [6.07, 6.45) is 2.93.